The maximum atomic E-state index is 13.9. The molecule has 0 aliphatic heterocycles. The lowest BCUT2D eigenvalue weighted by molar-refractivity contribution is 0.0952. The number of rotatable bonds is 8. The van der Waals surface area contributed by atoms with Crippen LogP contribution in [0.15, 0.2) is 52.2 Å². The SMILES string of the molecule is CCOc1cc(C=NNC(=O)c2cc(Br)ccc2OC)ccc1Oc1nc(Cl)ncc1F. The number of hydrazone groups is 1. The Balaban J connectivity index is 1.76. The second kappa shape index (κ2) is 10.9. The zero-order valence-electron chi connectivity index (χ0n) is 16.9. The minimum atomic E-state index is -0.770. The molecule has 0 fully saturated rings. The first-order valence-corrected chi connectivity index (χ1v) is 10.4. The lowest BCUT2D eigenvalue weighted by Crippen LogP contribution is -2.18. The zero-order chi connectivity index (χ0) is 23.1. The summed E-state index contributed by atoms with van der Waals surface area (Å²) < 4.78 is 30.9. The van der Waals surface area contributed by atoms with Crippen molar-refractivity contribution < 1.29 is 23.4 Å². The Hall–Kier alpha value is -3.24. The molecule has 1 N–H and O–H groups in total. The molecular weight excluding hydrogens is 507 g/mol. The van der Waals surface area contributed by atoms with Crippen LogP contribution in [0.2, 0.25) is 5.28 Å². The van der Waals surface area contributed by atoms with Gasteiger partial charge in [0.15, 0.2) is 11.5 Å². The first-order valence-electron chi connectivity index (χ1n) is 9.21. The van der Waals surface area contributed by atoms with Crippen LogP contribution in [0, 0.1) is 5.82 Å². The second-order valence-corrected chi connectivity index (χ2v) is 7.33. The standard InChI is InChI=1S/C21H17BrClFN4O4/c1-3-31-18-8-12(4-6-17(18)32-20-15(24)11-25-21(23)27-20)10-26-28-19(29)14-9-13(22)5-7-16(14)30-2/h4-11H,3H2,1-2H3,(H,28,29). The van der Waals surface area contributed by atoms with Crippen LogP contribution in [-0.4, -0.2) is 35.8 Å². The summed E-state index contributed by atoms with van der Waals surface area (Å²) in [6, 6.07) is 9.88. The van der Waals surface area contributed by atoms with Crippen LogP contribution in [0.25, 0.3) is 0 Å². The topological polar surface area (TPSA) is 94.9 Å². The van der Waals surface area contributed by atoms with Crippen LogP contribution in [-0.2, 0) is 0 Å². The maximum Gasteiger partial charge on any atom is 0.275 e. The number of halogens is 3. The minimum Gasteiger partial charge on any atom is -0.496 e. The molecule has 0 aliphatic rings. The van der Waals surface area contributed by atoms with Gasteiger partial charge in [-0.25, -0.2) is 10.4 Å². The Kier molecular flexibility index (Phi) is 7.96. The maximum absolute atomic E-state index is 13.9. The van der Waals surface area contributed by atoms with E-state index in [1.54, 1.807) is 43.3 Å². The van der Waals surface area contributed by atoms with Gasteiger partial charge in [0, 0.05) is 4.47 Å². The lowest BCUT2D eigenvalue weighted by atomic mass is 10.2. The molecule has 1 amide bonds. The van der Waals surface area contributed by atoms with Gasteiger partial charge in [-0.05, 0) is 60.5 Å². The van der Waals surface area contributed by atoms with E-state index >= 15 is 0 Å². The molecule has 3 aromatic rings. The van der Waals surface area contributed by atoms with E-state index in [2.05, 4.69) is 36.4 Å². The summed E-state index contributed by atoms with van der Waals surface area (Å²) in [7, 11) is 1.48. The van der Waals surface area contributed by atoms with Crippen molar-refractivity contribution in [1.82, 2.24) is 15.4 Å². The van der Waals surface area contributed by atoms with Gasteiger partial charge >= 0.3 is 0 Å². The number of hydrogen-bond acceptors (Lipinski definition) is 7. The minimum absolute atomic E-state index is 0.152. The summed E-state index contributed by atoms with van der Waals surface area (Å²) in [6.45, 7) is 2.13. The van der Waals surface area contributed by atoms with Gasteiger partial charge in [-0.2, -0.15) is 14.5 Å². The van der Waals surface area contributed by atoms with E-state index < -0.39 is 11.7 Å². The fraction of sp³-hybridized carbons (Fsp3) is 0.143. The number of ether oxygens (including phenoxy) is 3. The smallest absolute Gasteiger partial charge is 0.275 e. The third-order valence-corrected chi connectivity index (χ3v) is 4.62. The Morgan fingerprint density at radius 3 is 2.78 bits per heavy atom. The van der Waals surface area contributed by atoms with Crippen molar-refractivity contribution >= 4 is 39.7 Å². The molecule has 0 radical (unpaired) electrons. The summed E-state index contributed by atoms with van der Waals surface area (Å²) >= 11 is 9.02. The molecule has 0 atom stereocenters. The van der Waals surface area contributed by atoms with E-state index in [0.717, 1.165) is 10.7 Å². The highest BCUT2D eigenvalue weighted by molar-refractivity contribution is 9.10. The van der Waals surface area contributed by atoms with Gasteiger partial charge in [0.25, 0.3) is 11.8 Å². The molecule has 11 heteroatoms. The van der Waals surface area contributed by atoms with Crippen molar-refractivity contribution in [3.05, 3.63) is 69.3 Å². The van der Waals surface area contributed by atoms with Crippen molar-refractivity contribution in [2.75, 3.05) is 13.7 Å². The quantitative estimate of drug-likeness (QED) is 0.254. The van der Waals surface area contributed by atoms with Crippen LogP contribution >= 0.6 is 27.5 Å². The Morgan fingerprint density at radius 2 is 2.03 bits per heavy atom. The first-order chi connectivity index (χ1) is 15.4. The summed E-state index contributed by atoms with van der Waals surface area (Å²) in [5.74, 6) is -0.583. The van der Waals surface area contributed by atoms with Gasteiger partial charge < -0.3 is 14.2 Å². The molecule has 0 bridgehead atoms. The van der Waals surface area contributed by atoms with E-state index in [4.69, 9.17) is 25.8 Å². The monoisotopic (exact) mass is 522 g/mol. The van der Waals surface area contributed by atoms with E-state index in [1.165, 1.54) is 13.3 Å². The van der Waals surface area contributed by atoms with Crippen LogP contribution in [0.3, 0.4) is 0 Å². The predicted octanol–water partition coefficient (Wildman–Crippen LogP) is 5.00. The van der Waals surface area contributed by atoms with Gasteiger partial charge in [0.05, 0.1) is 31.7 Å². The second-order valence-electron chi connectivity index (χ2n) is 6.08. The number of nitrogens with one attached hydrogen (secondary N) is 1. The van der Waals surface area contributed by atoms with E-state index in [1.807, 2.05) is 0 Å². The van der Waals surface area contributed by atoms with Gasteiger partial charge in [-0.15, -0.1) is 0 Å². The molecule has 0 unspecified atom stereocenters. The molecule has 1 heterocycles. The largest absolute Gasteiger partial charge is 0.496 e. The summed E-state index contributed by atoms with van der Waals surface area (Å²) in [5.41, 5.74) is 3.37. The number of carbonyl (C=O) groups is 1. The molecule has 1 aromatic heterocycles. The van der Waals surface area contributed by atoms with Gasteiger partial charge in [0.1, 0.15) is 5.75 Å². The van der Waals surface area contributed by atoms with E-state index in [0.29, 0.717) is 29.2 Å². The number of methoxy groups -OCH3 is 1. The van der Waals surface area contributed by atoms with Crippen LogP contribution in [0.4, 0.5) is 4.39 Å². The Labute approximate surface area is 196 Å². The summed E-state index contributed by atoms with van der Waals surface area (Å²) in [5, 5.41) is 3.82. The average Bonchev–Trinajstić information content (AvgIpc) is 2.78. The average molecular weight is 524 g/mol. The fourth-order valence-electron chi connectivity index (χ4n) is 2.55. The van der Waals surface area contributed by atoms with E-state index in [-0.39, 0.29) is 16.9 Å². The lowest BCUT2D eigenvalue weighted by Gasteiger charge is -2.12. The predicted molar refractivity (Wildman–Crippen MR) is 120 cm³/mol. The fourth-order valence-corrected chi connectivity index (χ4v) is 3.03. The van der Waals surface area contributed by atoms with Crippen LogP contribution in [0.5, 0.6) is 23.1 Å². The molecular formula is C21H17BrClFN4O4. The molecule has 2 aromatic carbocycles. The molecule has 166 valence electrons. The highest BCUT2D eigenvalue weighted by Gasteiger charge is 2.14. The molecule has 0 spiro atoms. The van der Waals surface area contributed by atoms with Crippen molar-refractivity contribution in [2.24, 2.45) is 5.10 Å². The number of amides is 1. The number of carbonyl (C=O) groups excluding carboxylic acids is 1. The van der Waals surface area contributed by atoms with Crippen molar-refractivity contribution in [1.29, 1.82) is 0 Å². The summed E-state index contributed by atoms with van der Waals surface area (Å²) in [6.07, 6.45) is 2.34. The highest BCUT2D eigenvalue weighted by atomic mass is 79.9. The zero-order valence-corrected chi connectivity index (χ0v) is 19.3. The number of hydrogen-bond donors (Lipinski definition) is 1. The Morgan fingerprint density at radius 1 is 1.25 bits per heavy atom. The molecule has 0 saturated carbocycles. The van der Waals surface area contributed by atoms with Crippen LogP contribution < -0.4 is 19.6 Å². The van der Waals surface area contributed by atoms with Gasteiger partial charge in [-0.3, -0.25) is 4.79 Å². The van der Waals surface area contributed by atoms with E-state index in [9.17, 15) is 9.18 Å². The van der Waals surface area contributed by atoms with Crippen LogP contribution in [0.1, 0.15) is 22.8 Å². The van der Waals surface area contributed by atoms with Crippen molar-refractivity contribution in [3.63, 3.8) is 0 Å². The number of benzene rings is 2. The molecule has 32 heavy (non-hydrogen) atoms. The summed E-state index contributed by atoms with van der Waals surface area (Å²) in [4.78, 5) is 19.7. The van der Waals surface area contributed by atoms with Gasteiger partial charge in [0.2, 0.25) is 11.1 Å². The van der Waals surface area contributed by atoms with Gasteiger partial charge in [-0.1, -0.05) is 15.9 Å². The third kappa shape index (κ3) is 5.92. The number of nitrogens with zero attached hydrogens (tertiary/aromatic N) is 3. The Bertz CT molecular complexity index is 1160. The van der Waals surface area contributed by atoms with Crippen molar-refractivity contribution in [2.45, 2.75) is 6.92 Å². The molecule has 0 aliphatic carbocycles. The van der Waals surface area contributed by atoms with Crippen molar-refractivity contribution in [3.8, 4) is 23.1 Å². The molecule has 8 nitrogen and oxygen atoms in total. The highest BCUT2D eigenvalue weighted by Crippen LogP contribution is 2.33. The normalized spacial score (nSPS) is 10.8. The molecule has 0 saturated heterocycles. The first kappa shape index (κ1) is 23.4. The third-order valence-electron chi connectivity index (χ3n) is 3.94. The molecule has 3 rings (SSSR count). The number of aromatic nitrogens is 2.